The van der Waals surface area contributed by atoms with Gasteiger partial charge in [-0.1, -0.05) is 30.7 Å². The summed E-state index contributed by atoms with van der Waals surface area (Å²) >= 11 is 5.92. The number of rotatable bonds is 5. The van der Waals surface area contributed by atoms with Crippen LogP contribution < -0.4 is 5.32 Å². The first-order valence-electron chi connectivity index (χ1n) is 7.48. The molecule has 0 saturated heterocycles. The van der Waals surface area contributed by atoms with Gasteiger partial charge >= 0.3 is 0 Å². The molecule has 3 heteroatoms. The molecule has 1 heterocycles. The third-order valence-corrected chi connectivity index (χ3v) is 3.68. The molecule has 0 atom stereocenters. The molecule has 22 heavy (non-hydrogen) atoms. The van der Waals surface area contributed by atoms with Gasteiger partial charge in [0, 0.05) is 28.9 Å². The van der Waals surface area contributed by atoms with Crippen molar-refractivity contribution in [3.8, 4) is 0 Å². The number of pyridine rings is 1. The van der Waals surface area contributed by atoms with Crippen LogP contribution in [0.25, 0.3) is 5.57 Å². The molecule has 114 valence electrons. The topological polar surface area (TPSA) is 24.9 Å². The van der Waals surface area contributed by atoms with Gasteiger partial charge in [-0.25, -0.2) is 4.98 Å². The second-order valence-electron chi connectivity index (χ2n) is 5.21. The Bertz CT molecular complexity index is 696. The van der Waals surface area contributed by atoms with E-state index < -0.39 is 0 Å². The van der Waals surface area contributed by atoms with Crippen LogP contribution in [0, 0.1) is 6.92 Å². The fraction of sp³-hybridized carbons (Fsp3) is 0.263. The SMILES string of the molecule is CCC=C=C(C)c1c(C)ccnc1NCc1ccc(Cl)cc1. The summed E-state index contributed by atoms with van der Waals surface area (Å²) < 4.78 is 0. The molecule has 2 aromatic rings. The van der Waals surface area contributed by atoms with Gasteiger partial charge in [0.2, 0.25) is 0 Å². The molecule has 0 amide bonds. The Morgan fingerprint density at radius 3 is 2.68 bits per heavy atom. The van der Waals surface area contributed by atoms with E-state index in [4.69, 9.17) is 11.6 Å². The molecule has 0 fully saturated rings. The van der Waals surface area contributed by atoms with Crippen LogP contribution in [0.3, 0.4) is 0 Å². The standard InChI is InChI=1S/C19H21ClN2/c1-4-5-6-14(2)18-15(3)11-12-21-19(18)22-13-16-7-9-17(20)10-8-16/h5,7-12H,4,13H2,1-3H3,(H,21,22). The number of nitrogens with one attached hydrogen (secondary N) is 1. The summed E-state index contributed by atoms with van der Waals surface area (Å²) in [6.07, 6.45) is 4.86. The monoisotopic (exact) mass is 312 g/mol. The number of halogens is 1. The zero-order valence-corrected chi connectivity index (χ0v) is 14.0. The number of hydrogen-bond donors (Lipinski definition) is 1. The molecule has 0 spiro atoms. The minimum atomic E-state index is 0.714. The van der Waals surface area contributed by atoms with Gasteiger partial charge in [0.25, 0.3) is 0 Å². The average Bonchev–Trinajstić information content (AvgIpc) is 2.52. The Hall–Kier alpha value is -2.02. The van der Waals surface area contributed by atoms with Gasteiger partial charge in [-0.2, -0.15) is 0 Å². The van der Waals surface area contributed by atoms with Gasteiger partial charge in [0.05, 0.1) is 0 Å². The lowest BCUT2D eigenvalue weighted by molar-refractivity contribution is 1.10. The highest BCUT2D eigenvalue weighted by atomic mass is 35.5. The lowest BCUT2D eigenvalue weighted by atomic mass is 10.0. The highest BCUT2D eigenvalue weighted by molar-refractivity contribution is 6.30. The van der Waals surface area contributed by atoms with Gasteiger partial charge in [0.1, 0.15) is 5.82 Å². The minimum Gasteiger partial charge on any atom is -0.365 e. The molecule has 0 aliphatic rings. The molecule has 0 aliphatic heterocycles. The van der Waals surface area contributed by atoms with Gasteiger partial charge in [-0.15, -0.1) is 5.73 Å². The Morgan fingerprint density at radius 1 is 1.27 bits per heavy atom. The third-order valence-electron chi connectivity index (χ3n) is 3.43. The van der Waals surface area contributed by atoms with Crippen molar-refractivity contribution in [1.82, 2.24) is 4.98 Å². The van der Waals surface area contributed by atoms with Crippen molar-refractivity contribution in [2.24, 2.45) is 0 Å². The second kappa shape index (κ2) is 7.84. The van der Waals surface area contributed by atoms with E-state index in [0.29, 0.717) is 6.54 Å². The van der Waals surface area contributed by atoms with E-state index in [2.05, 4.69) is 36.8 Å². The lowest BCUT2D eigenvalue weighted by Crippen LogP contribution is -2.05. The molecule has 0 radical (unpaired) electrons. The Kier molecular flexibility index (Phi) is 5.83. The lowest BCUT2D eigenvalue weighted by Gasteiger charge is -2.13. The first-order valence-corrected chi connectivity index (χ1v) is 7.85. The van der Waals surface area contributed by atoms with Crippen LogP contribution in [0.15, 0.2) is 48.3 Å². The van der Waals surface area contributed by atoms with Crippen LogP contribution in [0.4, 0.5) is 5.82 Å². The van der Waals surface area contributed by atoms with Crippen LogP contribution in [-0.2, 0) is 6.54 Å². The van der Waals surface area contributed by atoms with Crippen LogP contribution in [0.1, 0.15) is 37.0 Å². The van der Waals surface area contributed by atoms with Crippen molar-refractivity contribution in [2.45, 2.75) is 33.7 Å². The van der Waals surface area contributed by atoms with Crippen LogP contribution in [0.2, 0.25) is 5.02 Å². The number of allylic oxidation sites excluding steroid dienone is 1. The van der Waals surface area contributed by atoms with Gasteiger partial charge in [-0.3, -0.25) is 0 Å². The maximum absolute atomic E-state index is 5.92. The number of aryl methyl sites for hydroxylation is 1. The molecular weight excluding hydrogens is 292 g/mol. The molecule has 1 aromatic heterocycles. The molecule has 0 aliphatic carbocycles. The van der Waals surface area contributed by atoms with Gasteiger partial charge in [0.15, 0.2) is 0 Å². The number of anilines is 1. The Balaban J connectivity index is 2.26. The first-order chi connectivity index (χ1) is 10.6. The predicted molar refractivity (Wildman–Crippen MR) is 95.2 cm³/mol. The largest absolute Gasteiger partial charge is 0.365 e. The maximum atomic E-state index is 5.92. The molecule has 2 nitrogen and oxygen atoms in total. The van der Waals surface area contributed by atoms with E-state index in [1.807, 2.05) is 42.6 Å². The highest BCUT2D eigenvalue weighted by Gasteiger charge is 2.08. The minimum absolute atomic E-state index is 0.714. The van der Waals surface area contributed by atoms with E-state index in [9.17, 15) is 0 Å². The summed E-state index contributed by atoms with van der Waals surface area (Å²) in [4.78, 5) is 4.49. The van der Waals surface area contributed by atoms with Gasteiger partial charge < -0.3 is 5.32 Å². The quantitative estimate of drug-likeness (QED) is 0.724. The normalized spacial score (nSPS) is 10.0. The predicted octanol–water partition coefficient (Wildman–Crippen LogP) is 5.62. The Labute approximate surface area is 137 Å². The van der Waals surface area contributed by atoms with Crippen LogP contribution in [-0.4, -0.2) is 4.98 Å². The summed E-state index contributed by atoms with van der Waals surface area (Å²) in [7, 11) is 0. The highest BCUT2D eigenvalue weighted by Crippen LogP contribution is 2.25. The molecule has 1 aromatic carbocycles. The van der Waals surface area contributed by atoms with E-state index >= 15 is 0 Å². The zero-order chi connectivity index (χ0) is 15.9. The fourth-order valence-electron chi connectivity index (χ4n) is 2.28. The van der Waals surface area contributed by atoms with Gasteiger partial charge in [-0.05, 0) is 55.7 Å². The van der Waals surface area contributed by atoms with Crippen LogP contribution in [0.5, 0.6) is 0 Å². The first kappa shape index (κ1) is 16.4. The number of nitrogens with zero attached hydrogens (tertiary/aromatic N) is 1. The molecule has 2 rings (SSSR count). The third kappa shape index (κ3) is 4.24. The van der Waals surface area contributed by atoms with Crippen molar-refractivity contribution < 1.29 is 0 Å². The smallest absolute Gasteiger partial charge is 0.134 e. The summed E-state index contributed by atoms with van der Waals surface area (Å²) in [6, 6.07) is 9.87. The molecule has 0 bridgehead atoms. The van der Waals surface area contributed by atoms with E-state index in [-0.39, 0.29) is 0 Å². The fourth-order valence-corrected chi connectivity index (χ4v) is 2.41. The van der Waals surface area contributed by atoms with Crippen molar-refractivity contribution in [3.63, 3.8) is 0 Å². The molecule has 0 unspecified atom stereocenters. The van der Waals surface area contributed by atoms with Crippen molar-refractivity contribution in [3.05, 3.63) is 70.0 Å². The van der Waals surface area contributed by atoms with E-state index in [1.54, 1.807) is 0 Å². The number of benzene rings is 1. The van der Waals surface area contributed by atoms with Crippen molar-refractivity contribution in [1.29, 1.82) is 0 Å². The summed E-state index contributed by atoms with van der Waals surface area (Å²) in [5, 5.41) is 4.17. The number of aromatic nitrogens is 1. The summed E-state index contributed by atoms with van der Waals surface area (Å²) in [5.74, 6) is 0.893. The Morgan fingerprint density at radius 2 is 2.00 bits per heavy atom. The molecule has 1 N–H and O–H groups in total. The maximum Gasteiger partial charge on any atom is 0.134 e. The average molecular weight is 313 g/mol. The van der Waals surface area contributed by atoms with Crippen molar-refractivity contribution >= 4 is 23.0 Å². The second-order valence-corrected chi connectivity index (χ2v) is 5.65. The van der Waals surface area contributed by atoms with Crippen molar-refractivity contribution in [2.75, 3.05) is 5.32 Å². The summed E-state index contributed by atoms with van der Waals surface area (Å²) in [5.41, 5.74) is 7.93. The van der Waals surface area contributed by atoms with E-state index in [1.165, 1.54) is 11.1 Å². The van der Waals surface area contributed by atoms with Crippen LogP contribution >= 0.6 is 11.6 Å². The summed E-state index contributed by atoms with van der Waals surface area (Å²) in [6.45, 7) is 6.99. The molecular formula is C19H21ClN2. The number of hydrogen-bond acceptors (Lipinski definition) is 2. The van der Waals surface area contributed by atoms with E-state index in [0.717, 1.165) is 28.4 Å². The zero-order valence-electron chi connectivity index (χ0n) is 13.3. The molecule has 0 saturated carbocycles.